The lowest BCUT2D eigenvalue weighted by atomic mass is 10.1. The smallest absolute Gasteiger partial charge is 0.140 e. The Morgan fingerprint density at radius 3 is 2.79 bits per heavy atom. The zero-order valence-corrected chi connectivity index (χ0v) is 11.9. The number of nitrogens with one attached hydrogen (secondary N) is 1. The predicted molar refractivity (Wildman–Crippen MR) is 80.1 cm³/mol. The van der Waals surface area contributed by atoms with Gasteiger partial charge in [0, 0.05) is 17.0 Å². The highest BCUT2D eigenvalue weighted by atomic mass is 32.1. The molecule has 0 bridgehead atoms. The van der Waals surface area contributed by atoms with Gasteiger partial charge in [0.15, 0.2) is 0 Å². The fourth-order valence-corrected chi connectivity index (χ4v) is 3.40. The van der Waals surface area contributed by atoms with Crippen molar-refractivity contribution in [1.82, 2.24) is 4.98 Å². The summed E-state index contributed by atoms with van der Waals surface area (Å²) < 4.78 is 5.19. The molecule has 0 atom stereocenters. The van der Waals surface area contributed by atoms with Crippen molar-refractivity contribution in [3.8, 4) is 16.3 Å². The van der Waals surface area contributed by atoms with Gasteiger partial charge in [-0.1, -0.05) is 6.42 Å². The quantitative estimate of drug-likeness (QED) is 0.900. The second-order valence-corrected chi connectivity index (χ2v) is 5.84. The van der Waals surface area contributed by atoms with E-state index in [2.05, 4.69) is 17.4 Å². The van der Waals surface area contributed by atoms with Crippen molar-refractivity contribution < 1.29 is 4.74 Å². The van der Waals surface area contributed by atoms with Gasteiger partial charge < -0.3 is 10.1 Å². The van der Waals surface area contributed by atoms with Crippen LogP contribution in [-0.2, 0) is 6.42 Å². The Labute approximate surface area is 117 Å². The molecular weight excluding hydrogens is 256 g/mol. The van der Waals surface area contributed by atoms with Crippen LogP contribution in [0.15, 0.2) is 24.3 Å². The molecule has 100 valence electrons. The van der Waals surface area contributed by atoms with Gasteiger partial charge in [-0.3, -0.25) is 0 Å². The van der Waals surface area contributed by atoms with Crippen LogP contribution in [0.25, 0.3) is 10.6 Å². The summed E-state index contributed by atoms with van der Waals surface area (Å²) in [6.07, 6.45) is 4.98. The fourth-order valence-electron chi connectivity index (χ4n) is 2.31. The van der Waals surface area contributed by atoms with E-state index in [1.807, 2.05) is 23.5 Å². The lowest BCUT2D eigenvalue weighted by Gasteiger charge is -2.09. The maximum atomic E-state index is 5.19. The Bertz CT molecular complexity index is 522. The summed E-state index contributed by atoms with van der Waals surface area (Å²) in [5.41, 5.74) is 1.17. The minimum Gasteiger partial charge on any atom is -0.497 e. The Morgan fingerprint density at radius 1 is 1.16 bits per heavy atom. The Morgan fingerprint density at radius 2 is 2.00 bits per heavy atom. The second kappa shape index (κ2) is 5.61. The molecule has 1 aliphatic rings. The first-order valence-electron chi connectivity index (χ1n) is 6.75. The fraction of sp³-hybridized carbons (Fsp3) is 0.400. The largest absolute Gasteiger partial charge is 0.497 e. The molecule has 1 aromatic heterocycles. The number of fused-ring (bicyclic) bond motifs is 1. The minimum absolute atomic E-state index is 0.886. The van der Waals surface area contributed by atoms with E-state index in [0.717, 1.165) is 29.5 Å². The van der Waals surface area contributed by atoms with Crippen molar-refractivity contribution in [2.24, 2.45) is 0 Å². The zero-order chi connectivity index (χ0) is 13.1. The van der Waals surface area contributed by atoms with E-state index in [4.69, 9.17) is 9.72 Å². The number of anilines is 1. The summed E-state index contributed by atoms with van der Waals surface area (Å²) >= 11 is 1.81. The van der Waals surface area contributed by atoms with Gasteiger partial charge in [0.05, 0.1) is 7.11 Å². The predicted octanol–water partition coefficient (Wildman–Crippen LogP) is 3.96. The van der Waals surface area contributed by atoms with Gasteiger partial charge >= 0.3 is 0 Å². The van der Waals surface area contributed by atoms with Crippen LogP contribution in [-0.4, -0.2) is 18.6 Å². The van der Waals surface area contributed by atoms with Gasteiger partial charge in [0.2, 0.25) is 0 Å². The Balaban J connectivity index is 1.89. The van der Waals surface area contributed by atoms with E-state index in [1.165, 1.54) is 29.7 Å². The molecule has 0 saturated heterocycles. The summed E-state index contributed by atoms with van der Waals surface area (Å²) in [4.78, 5) is 6.14. The van der Waals surface area contributed by atoms with Gasteiger partial charge in [0.1, 0.15) is 16.6 Å². The van der Waals surface area contributed by atoms with E-state index in [-0.39, 0.29) is 0 Å². The first-order valence-corrected chi connectivity index (χ1v) is 7.56. The average Bonchev–Trinajstić information content (AvgIpc) is 2.81. The number of benzene rings is 1. The highest BCUT2D eigenvalue weighted by molar-refractivity contribution is 7.15. The lowest BCUT2D eigenvalue weighted by molar-refractivity contribution is 0.415. The molecule has 0 aliphatic carbocycles. The van der Waals surface area contributed by atoms with E-state index < -0.39 is 0 Å². The molecule has 3 rings (SSSR count). The van der Waals surface area contributed by atoms with Gasteiger partial charge in [-0.05, 0) is 43.5 Å². The van der Waals surface area contributed by atoms with Gasteiger partial charge in [-0.25, -0.2) is 4.98 Å². The molecule has 1 aromatic carbocycles. The number of rotatable bonds is 2. The average molecular weight is 274 g/mol. The number of hydrogen-bond acceptors (Lipinski definition) is 4. The van der Waals surface area contributed by atoms with Crippen molar-refractivity contribution in [3.05, 3.63) is 29.1 Å². The van der Waals surface area contributed by atoms with Crippen molar-refractivity contribution in [3.63, 3.8) is 0 Å². The molecule has 1 aliphatic heterocycles. The van der Waals surface area contributed by atoms with E-state index >= 15 is 0 Å². The number of ether oxygens (including phenoxy) is 1. The number of methoxy groups -OCH3 is 1. The highest BCUT2D eigenvalue weighted by Crippen LogP contribution is 2.33. The molecule has 0 spiro atoms. The van der Waals surface area contributed by atoms with E-state index in [0.29, 0.717) is 0 Å². The molecule has 0 fully saturated rings. The molecule has 0 saturated carbocycles. The molecule has 19 heavy (non-hydrogen) atoms. The maximum absolute atomic E-state index is 5.19. The molecule has 0 amide bonds. The third kappa shape index (κ3) is 2.73. The summed E-state index contributed by atoms with van der Waals surface area (Å²) in [7, 11) is 1.69. The number of aryl methyl sites for hydroxylation is 1. The van der Waals surface area contributed by atoms with Crippen LogP contribution in [0.4, 0.5) is 5.82 Å². The van der Waals surface area contributed by atoms with Gasteiger partial charge in [0.25, 0.3) is 0 Å². The topological polar surface area (TPSA) is 34.1 Å². The third-order valence-electron chi connectivity index (χ3n) is 3.41. The molecule has 1 N–H and O–H groups in total. The Kier molecular flexibility index (Phi) is 3.69. The standard InChI is InChI=1S/C15H18N2OS/c1-18-12-8-6-11(7-9-12)15-17-14-13(19-15)5-3-2-4-10-16-14/h6-9,16H,2-5,10H2,1H3. The molecule has 4 heteroatoms. The Hall–Kier alpha value is -1.55. The first kappa shape index (κ1) is 12.5. The maximum Gasteiger partial charge on any atom is 0.140 e. The van der Waals surface area contributed by atoms with Gasteiger partial charge in [-0.2, -0.15) is 0 Å². The summed E-state index contributed by atoms with van der Waals surface area (Å²) in [6, 6.07) is 8.12. The second-order valence-electron chi connectivity index (χ2n) is 4.76. The summed E-state index contributed by atoms with van der Waals surface area (Å²) in [5.74, 6) is 1.98. The van der Waals surface area contributed by atoms with Crippen molar-refractivity contribution >= 4 is 17.2 Å². The molecular formula is C15H18N2OS. The van der Waals surface area contributed by atoms with Crippen LogP contribution in [0, 0.1) is 0 Å². The lowest BCUT2D eigenvalue weighted by Crippen LogP contribution is -2.06. The number of thiazole rings is 1. The highest BCUT2D eigenvalue weighted by Gasteiger charge is 2.13. The molecule has 2 aromatic rings. The van der Waals surface area contributed by atoms with Gasteiger partial charge in [-0.15, -0.1) is 11.3 Å². The SMILES string of the molecule is COc1ccc(-c2nc3c(s2)CCCCCN3)cc1. The molecule has 0 unspecified atom stereocenters. The van der Waals surface area contributed by atoms with Crippen LogP contribution in [0.3, 0.4) is 0 Å². The zero-order valence-electron chi connectivity index (χ0n) is 11.1. The number of hydrogen-bond donors (Lipinski definition) is 1. The van der Waals surface area contributed by atoms with Crippen LogP contribution in [0.2, 0.25) is 0 Å². The van der Waals surface area contributed by atoms with Crippen molar-refractivity contribution in [1.29, 1.82) is 0 Å². The van der Waals surface area contributed by atoms with Crippen LogP contribution in [0.5, 0.6) is 5.75 Å². The summed E-state index contributed by atoms with van der Waals surface area (Å²) in [6.45, 7) is 1.04. The monoisotopic (exact) mass is 274 g/mol. The molecule has 2 heterocycles. The normalized spacial score (nSPS) is 15.0. The van der Waals surface area contributed by atoms with Crippen LogP contribution >= 0.6 is 11.3 Å². The van der Waals surface area contributed by atoms with Crippen LogP contribution < -0.4 is 10.1 Å². The number of nitrogens with zero attached hydrogens (tertiary/aromatic N) is 1. The molecule has 3 nitrogen and oxygen atoms in total. The molecule has 0 radical (unpaired) electrons. The van der Waals surface area contributed by atoms with E-state index in [9.17, 15) is 0 Å². The van der Waals surface area contributed by atoms with Crippen molar-refractivity contribution in [2.45, 2.75) is 25.7 Å². The van der Waals surface area contributed by atoms with E-state index in [1.54, 1.807) is 7.11 Å². The third-order valence-corrected chi connectivity index (χ3v) is 4.57. The number of aromatic nitrogens is 1. The minimum atomic E-state index is 0.886. The first-order chi connectivity index (χ1) is 9.36. The van der Waals surface area contributed by atoms with Crippen molar-refractivity contribution in [2.75, 3.05) is 19.0 Å². The summed E-state index contributed by atoms with van der Waals surface area (Å²) in [5, 5.41) is 4.55. The van der Waals surface area contributed by atoms with Crippen LogP contribution in [0.1, 0.15) is 24.1 Å².